The highest BCUT2D eigenvalue weighted by molar-refractivity contribution is 7.07. The summed E-state index contributed by atoms with van der Waals surface area (Å²) in [4.78, 5) is 16.4. The Bertz CT molecular complexity index is 359. The number of nitrogens with one attached hydrogen (secondary N) is 1. The molecule has 1 fully saturated rings. The third-order valence-electron chi connectivity index (χ3n) is 3.18. The molecule has 0 radical (unpaired) electrons. The van der Waals surface area contributed by atoms with Gasteiger partial charge in [0.2, 0.25) is 0 Å². The van der Waals surface area contributed by atoms with Crippen LogP contribution < -0.4 is 5.32 Å². The van der Waals surface area contributed by atoms with Gasteiger partial charge in [0.1, 0.15) is 0 Å². The van der Waals surface area contributed by atoms with E-state index in [9.17, 15) is 4.79 Å². The van der Waals surface area contributed by atoms with E-state index in [1.165, 1.54) is 0 Å². The van der Waals surface area contributed by atoms with Gasteiger partial charge in [0.15, 0.2) is 0 Å². The van der Waals surface area contributed by atoms with Gasteiger partial charge in [-0.15, -0.1) is 11.3 Å². The zero-order chi connectivity index (χ0) is 12.1. The van der Waals surface area contributed by atoms with Crippen molar-refractivity contribution in [3.8, 4) is 0 Å². The summed E-state index contributed by atoms with van der Waals surface area (Å²) in [5.41, 5.74) is 2.39. The van der Waals surface area contributed by atoms with Crippen LogP contribution in [0.2, 0.25) is 0 Å². The minimum atomic E-state index is -0.414. The molecule has 17 heavy (non-hydrogen) atoms. The lowest BCUT2D eigenvalue weighted by atomic mass is 9.77. The molecule has 1 saturated heterocycles. The molecule has 2 heterocycles. The van der Waals surface area contributed by atoms with Crippen molar-refractivity contribution in [2.45, 2.75) is 26.2 Å². The fourth-order valence-electron chi connectivity index (χ4n) is 2.32. The Labute approximate surface area is 105 Å². The van der Waals surface area contributed by atoms with Crippen molar-refractivity contribution in [1.82, 2.24) is 10.3 Å². The number of nitrogens with zero attached hydrogens (tertiary/aromatic N) is 1. The highest BCUT2D eigenvalue weighted by Crippen LogP contribution is 2.32. The van der Waals surface area contributed by atoms with Crippen LogP contribution >= 0.6 is 11.3 Å². The summed E-state index contributed by atoms with van der Waals surface area (Å²) in [6.45, 7) is 3.98. The van der Waals surface area contributed by atoms with Crippen molar-refractivity contribution < 1.29 is 9.53 Å². The minimum Gasteiger partial charge on any atom is -0.466 e. The number of rotatable bonds is 4. The van der Waals surface area contributed by atoms with E-state index < -0.39 is 5.41 Å². The number of piperidine rings is 1. The minimum absolute atomic E-state index is 0.0831. The lowest BCUT2D eigenvalue weighted by Crippen LogP contribution is -2.47. The molecule has 0 aliphatic carbocycles. The first kappa shape index (κ1) is 12.5. The zero-order valence-electron chi connectivity index (χ0n) is 10.1. The Balaban J connectivity index is 2.14. The molecule has 4 nitrogen and oxygen atoms in total. The highest BCUT2D eigenvalue weighted by atomic mass is 32.1. The number of esters is 1. The molecule has 0 saturated carbocycles. The van der Waals surface area contributed by atoms with Gasteiger partial charge in [0, 0.05) is 18.3 Å². The molecule has 1 N–H and O–H groups in total. The number of aromatic nitrogens is 1. The van der Waals surface area contributed by atoms with Gasteiger partial charge in [-0.05, 0) is 26.3 Å². The topological polar surface area (TPSA) is 51.2 Å². The lowest BCUT2D eigenvalue weighted by Gasteiger charge is -2.34. The van der Waals surface area contributed by atoms with Gasteiger partial charge in [0.25, 0.3) is 0 Å². The number of carbonyl (C=O) groups is 1. The monoisotopic (exact) mass is 254 g/mol. The summed E-state index contributed by atoms with van der Waals surface area (Å²) in [6.07, 6.45) is 2.58. The normalized spacial score (nSPS) is 24.5. The predicted octanol–water partition coefficient (Wildman–Crippen LogP) is 1.62. The maximum absolute atomic E-state index is 12.2. The third kappa shape index (κ3) is 2.84. The first-order valence-electron chi connectivity index (χ1n) is 6.02. The van der Waals surface area contributed by atoms with Crippen LogP contribution in [0.5, 0.6) is 0 Å². The maximum Gasteiger partial charge on any atom is 0.313 e. The molecule has 1 atom stereocenters. The second-order valence-electron chi connectivity index (χ2n) is 4.44. The number of carbonyl (C=O) groups excluding carboxylic acids is 1. The average molecular weight is 254 g/mol. The fourth-order valence-corrected chi connectivity index (χ4v) is 2.88. The van der Waals surface area contributed by atoms with Crippen LogP contribution in [-0.2, 0) is 16.0 Å². The summed E-state index contributed by atoms with van der Waals surface area (Å²) in [6, 6.07) is 0. The zero-order valence-corrected chi connectivity index (χ0v) is 10.9. The van der Waals surface area contributed by atoms with E-state index in [0.29, 0.717) is 19.6 Å². The molecule has 0 amide bonds. The van der Waals surface area contributed by atoms with Crippen molar-refractivity contribution in [2.75, 3.05) is 19.7 Å². The smallest absolute Gasteiger partial charge is 0.313 e. The van der Waals surface area contributed by atoms with E-state index >= 15 is 0 Å². The number of thiazole rings is 1. The van der Waals surface area contributed by atoms with E-state index in [4.69, 9.17) is 4.74 Å². The van der Waals surface area contributed by atoms with Gasteiger partial charge in [-0.1, -0.05) is 0 Å². The van der Waals surface area contributed by atoms with E-state index in [2.05, 4.69) is 10.3 Å². The molecule has 1 aromatic rings. The Hall–Kier alpha value is -0.940. The first-order valence-corrected chi connectivity index (χ1v) is 6.96. The quantitative estimate of drug-likeness (QED) is 0.830. The molecule has 1 aliphatic heterocycles. The molecule has 5 heteroatoms. The van der Waals surface area contributed by atoms with E-state index in [1.54, 1.807) is 11.3 Å². The second kappa shape index (κ2) is 5.60. The first-order chi connectivity index (χ1) is 8.27. The highest BCUT2D eigenvalue weighted by Gasteiger charge is 2.41. The van der Waals surface area contributed by atoms with Crippen LogP contribution in [-0.4, -0.2) is 30.6 Å². The molecule has 0 bridgehead atoms. The largest absolute Gasteiger partial charge is 0.466 e. The van der Waals surface area contributed by atoms with Gasteiger partial charge in [-0.25, -0.2) is 4.98 Å². The van der Waals surface area contributed by atoms with E-state index in [-0.39, 0.29) is 5.97 Å². The van der Waals surface area contributed by atoms with Crippen LogP contribution in [0.25, 0.3) is 0 Å². The Morgan fingerprint density at radius 3 is 3.18 bits per heavy atom. The maximum atomic E-state index is 12.2. The molecule has 2 rings (SSSR count). The number of hydrogen-bond acceptors (Lipinski definition) is 5. The van der Waals surface area contributed by atoms with Crippen molar-refractivity contribution in [3.63, 3.8) is 0 Å². The SMILES string of the molecule is CCOC(=O)C1(Cc2cscn2)CCCNC1. The van der Waals surface area contributed by atoms with Crippen LogP contribution in [0.4, 0.5) is 0 Å². The number of hydrogen-bond donors (Lipinski definition) is 1. The fraction of sp³-hybridized carbons (Fsp3) is 0.667. The van der Waals surface area contributed by atoms with Crippen LogP contribution in [0, 0.1) is 5.41 Å². The van der Waals surface area contributed by atoms with E-state index in [0.717, 1.165) is 25.1 Å². The molecule has 0 spiro atoms. The summed E-state index contributed by atoms with van der Waals surface area (Å²) in [7, 11) is 0. The van der Waals surface area contributed by atoms with Gasteiger partial charge in [-0.3, -0.25) is 4.79 Å². The van der Waals surface area contributed by atoms with Gasteiger partial charge in [-0.2, -0.15) is 0 Å². The van der Waals surface area contributed by atoms with E-state index in [1.807, 2.05) is 17.8 Å². The Kier molecular flexibility index (Phi) is 4.12. The van der Waals surface area contributed by atoms with Gasteiger partial charge >= 0.3 is 5.97 Å². The molecule has 1 aromatic heterocycles. The Morgan fingerprint density at radius 1 is 1.71 bits per heavy atom. The molecular formula is C12H18N2O2S. The van der Waals surface area contributed by atoms with Crippen LogP contribution in [0.1, 0.15) is 25.5 Å². The standard InChI is InChI=1S/C12H18N2O2S/c1-2-16-11(15)12(4-3-5-13-8-12)6-10-7-17-9-14-10/h7,9,13H,2-6,8H2,1H3. The molecule has 1 unspecified atom stereocenters. The van der Waals surface area contributed by atoms with Crippen molar-refractivity contribution in [2.24, 2.45) is 5.41 Å². The lowest BCUT2D eigenvalue weighted by molar-refractivity contribution is -0.156. The summed E-state index contributed by atoms with van der Waals surface area (Å²) < 4.78 is 5.23. The summed E-state index contributed by atoms with van der Waals surface area (Å²) in [5.74, 6) is -0.0831. The van der Waals surface area contributed by atoms with Gasteiger partial charge < -0.3 is 10.1 Å². The van der Waals surface area contributed by atoms with Crippen molar-refractivity contribution >= 4 is 17.3 Å². The van der Waals surface area contributed by atoms with Crippen LogP contribution in [0.3, 0.4) is 0 Å². The van der Waals surface area contributed by atoms with Crippen molar-refractivity contribution in [1.29, 1.82) is 0 Å². The number of ether oxygens (including phenoxy) is 1. The average Bonchev–Trinajstić information content (AvgIpc) is 2.83. The molecule has 0 aromatic carbocycles. The van der Waals surface area contributed by atoms with Gasteiger partial charge in [0.05, 0.1) is 23.2 Å². The molecule has 1 aliphatic rings. The predicted molar refractivity (Wildman–Crippen MR) is 67.0 cm³/mol. The second-order valence-corrected chi connectivity index (χ2v) is 5.16. The molecular weight excluding hydrogens is 236 g/mol. The summed E-state index contributed by atoms with van der Waals surface area (Å²) >= 11 is 1.57. The molecule has 94 valence electrons. The van der Waals surface area contributed by atoms with Crippen LogP contribution in [0.15, 0.2) is 10.9 Å². The van der Waals surface area contributed by atoms with Crippen molar-refractivity contribution in [3.05, 3.63) is 16.6 Å². The Morgan fingerprint density at radius 2 is 2.59 bits per heavy atom. The third-order valence-corrected chi connectivity index (χ3v) is 3.82. The summed E-state index contributed by atoms with van der Waals surface area (Å²) in [5, 5.41) is 5.31.